The number of aryl methyl sites for hydroxylation is 1. The van der Waals surface area contributed by atoms with Crippen LogP contribution in [0.25, 0.3) is 0 Å². The van der Waals surface area contributed by atoms with Crippen molar-refractivity contribution in [3.05, 3.63) is 107 Å². The summed E-state index contributed by atoms with van der Waals surface area (Å²) in [6.07, 6.45) is 5.22. The van der Waals surface area contributed by atoms with E-state index in [1.54, 1.807) is 0 Å². The van der Waals surface area contributed by atoms with Crippen LogP contribution in [-0.2, 0) is 24.7 Å². The Bertz CT molecular complexity index is 824. The van der Waals surface area contributed by atoms with Gasteiger partial charge >= 0.3 is 0 Å². The van der Waals surface area contributed by atoms with Gasteiger partial charge in [-0.15, -0.1) is 0 Å². The van der Waals surface area contributed by atoms with Gasteiger partial charge in [-0.1, -0.05) is 72.8 Å². The molecule has 25 heavy (non-hydrogen) atoms. The molecule has 0 aromatic heterocycles. The minimum atomic E-state index is 0.0665. The number of carbonyl (C=O) groups is 1. The van der Waals surface area contributed by atoms with Crippen LogP contribution in [0.4, 0.5) is 0 Å². The average molecular weight is 326 g/mol. The summed E-state index contributed by atoms with van der Waals surface area (Å²) >= 11 is 0. The van der Waals surface area contributed by atoms with Crippen molar-refractivity contribution in [3.63, 3.8) is 0 Å². The van der Waals surface area contributed by atoms with E-state index >= 15 is 0 Å². The molecule has 0 fully saturated rings. The maximum atomic E-state index is 11.3. The van der Waals surface area contributed by atoms with Gasteiger partial charge in [0.2, 0.25) is 0 Å². The second-order valence-electron chi connectivity index (χ2n) is 7.14. The molecule has 0 N–H and O–H groups in total. The molecule has 0 heterocycles. The van der Waals surface area contributed by atoms with E-state index < -0.39 is 0 Å². The first-order valence-corrected chi connectivity index (χ1v) is 8.96. The van der Waals surface area contributed by atoms with Gasteiger partial charge in [-0.25, -0.2) is 0 Å². The fourth-order valence-corrected chi connectivity index (χ4v) is 4.29. The van der Waals surface area contributed by atoms with Crippen LogP contribution in [0, 0.1) is 0 Å². The number of aldehydes is 1. The molecule has 124 valence electrons. The second kappa shape index (κ2) is 6.68. The molecule has 1 aliphatic carbocycles. The molecule has 0 bridgehead atoms. The number of carbonyl (C=O) groups excluding carboxylic acids is 1. The fourth-order valence-electron chi connectivity index (χ4n) is 4.29. The van der Waals surface area contributed by atoms with Gasteiger partial charge in [0.05, 0.1) is 0 Å². The van der Waals surface area contributed by atoms with Crippen molar-refractivity contribution in [2.24, 2.45) is 0 Å². The molecule has 1 aliphatic rings. The van der Waals surface area contributed by atoms with Gasteiger partial charge in [0.1, 0.15) is 6.29 Å². The van der Waals surface area contributed by atoms with Crippen LogP contribution in [0.15, 0.2) is 78.9 Å². The van der Waals surface area contributed by atoms with E-state index in [-0.39, 0.29) is 5.41 Å². The van der Waals surface area contributed by atoms with Crippen molar-refractivity contribution in [2.75, 3.05) is 0 Å². The normalized spacial score (nSPS) is 14.9. The molecular weight excluding hydrogens is 304 g/mol. The first-order valence-electron chi connectivity index (χ1n) is 8.96. The molecule has 0 atom stereocenters. The Kier molecular flexibility index (Phi) is 4.23. The van der Waals surface area contributed by atoms with Gasteiger partial charge in [0.25, 0.3) is 0 Å². The average Bonchev–Trinajstić information content (AvgIpc) is 3.01. The van der Waals surface area contributed by atoms with E-state index in [0.29, 0.717) is 0 Å². The Morgan fingerprint density at radius 2 is 1.40 bits per heavy atom. The number of fused-ring (bicyclic) bond motifs is 1. The van der Waals surface area contributed by atoms with Crippen LogP contribution < -0.4 is 0 Å². The van der Waals surface area contributed by atoms with E-state index in [1.807, 2.05) is 6.07 Å². The van der Waals surface area contributed by atoms with Gasteiger partial charge in [0, 0.05) is 11.0 Å². The standard InChI is InChI=1S/C24H22O/c25-18-21-11-12-22-13-14-24(23(22)15-21,16-19-7-3-1-4-8-19)17-20-9-5-2-6-10-20/h1-12,15,18H,13-14,16-17H2. The fraction of sp³-hybridized carbons (Fsp3) is 0.208. The number of rotatable bonds is 5. The third-order valence-electron chi connectivity index (χ3n) is 5.48. The van der Waals surface area contributed by atoms with Gasteiger partial charge in [-0.2, -0.15) is 0 Å². The molecule has 0 spiro atoms. The zero-order chi connectivity index (χ0) is 17.1. The maximum Gasteiger partial charge on any atom is 0.150 e. The maximum absolute atomic E-state index is 11.3. The lowest BCUT2D eigenvalue weighted by molar-refractivity contribution is 0.112. The molecule has 0 saturated carbocycles. The van der Waals surface area contributed by atoms with Crippen molar-refractivity contribution in [1.29, 1.82) is 0 Å². The summed E-state index contributed by atoms with van der Waals surface area (Å²) in [6, 6.07) is 27.7. The Hall–Kier alpha value is -2.67. The monoisotopic (exact) mass is 326 g/mol. The second-order valence-corrected chi connectivity index (χ2v) is 7.14. The third kappa shape index (κ3) is 3.15. The minimum absolute atomic E-state index is 0.0665. The van der Waals surface area contributed by atoms with Crippen LogP contribution in [-0.4, -0.2) is 6.29 Å². The summed E-state index contributed by atoms with van der Waals surface area (Å²) in [5, 5.41) is 0. The predicted octanol–water partition coefficient (Wildman–Crippen LogP) is 5.17. The van der Waals surface area contributed by atoms with Crippen LogP contribution in [0.2, 0.25) is 0 Å². The highest BCUT2D eigenvalue weighted by Gasteiger charge is 2.38. The third-order valence-corrected chi connectivity index (χ3v) is 5.48. The van der Waals surface area contributed by atoms with E-state index in [2.05, 4.69) is 72.8 Å². The summed E-state index contributed by atoms with van der Waals surface area (Å²) < 4.78 is 0. The molecule has 4 rings (SSSR count). The zero-order valence-corrected chi connectivity index (χ0v) is 14.3. The molecule has 0 amide bonds. The van der Waals surface area contributed by atoms with E-state index in [0.717, 1.165) is 37.5 Å². The minimum Gasteiger partial charge on any atom is -0.298 e. The van der Waals surface area contributed by atoms with E-state index in [4.69, 9.17) is 0 Å². The number of benzene rings is 3. The first kappa shape index (κ1) is 15.8. The smallest absolute Gasteiger partial charge is 0.150 e. The molecule has 1 nitrogen and oxygen atoms in total. The molecular formula is C24H22O. The largest absolute Gasteiger partial charge is 0.298 e. The molecule has 3 aromatic carbocycles. The predicted molar refractivity (Wildman–Crippen MR) is 102 cm³/mol. The summed E-state index contributed by atoms with van der Waals surface area (Å²) in [4.78, 5) is 11.3. The van der Waals surface area contributed by atoms with Crippen molar-refractivity contribution >= 4 is 6.29 Å². The highest BCUT2D eigenvalue weighted by molar-refractivity contribution is 5.75. The molecule has 0 aliphatic heterocycles. The topological polar surface area (TPSA) is 17.1 Å². The van der Waals surface area contributed by atoms with E-state index in [1.165, 1.54) is 22.3 Å². The van der Waals surface area contributed by atoms with Crippen LogP contribution in [0.1, 0.15) is 39.0 Å². The molecule has 3 aromatic rings. The number of hydrogen-bond donors (Lipinski definition) is 0. The molecule has 0 radical (unpaired) electrons. The van der Waals surface area contributed by atoms with Crippen molar-refractivity contribution in [1.82, 2.24) is 0 Å². The van der Waals surface area contributed by atoms with Crippen molar-refractivity contribution in [2.45, 2.75) is 31.1 Å². The molecule has 0 unspecified atom stereocenters. The Morgan fingerprint density at radius 3 is 1.96 bits per heavy atom. The van der Waals surface area contributed by atoms with Gasteiger partial charge < -0.3 is 0 Å². The summed E-state index contributed by atoms with van der Waals surface area (Å²) in [5.74, 6) is 0. The quantitative estimate of drug-likeness (QED) is 0.591. The highest BCUT2D eigenvalue weighted by atomic mass is 16.1. The lowest BCUT2D eigenvalue weighted by Crippen LogP contribution is -2.29. The lowest BCUT2D eigenvalue weighted by Gasteiger charge is -2.31. The van der Waals surface area contributed by atoms with Crippen LogP contribution in [0.5, 0.6) is 0 Å². The Labute approximate surface area is 149 Å². The van der Waals surface area contributed by atoms with E-state index in [9.17, 15) is 4.79 Å². The molecule has 0 saturated heterocycles. The Morgan fingerprint density at radius 1 is 0.800 bits per heavy atom. The highest BCUT2D eigenvalue weighted by Crippen LogP contribution is 2.44. The van der Waals surface area contributed by atoms with Crippen molar-refractivity contribution < 1.29 is 4.79 Å². The van der Waals surface area contributed by atoms with Crippen LogP contribution >= 0.6 is 0 Å². The summed E-state index contributed by atoms with van der Waals surface area (Å²) in [6.45, 7) is 0. The first-order chi connectivity index (χ1) is 12.3. The SMILES string of the molecule is O=Cc1ccc2c(c1)C(Cc1ccccc1)(Cc1ccccc1)CC2. The van der Waals surface area contributed by atoms with Gasteiger partial charge in [-0.3, -0.25) is 4.79 Å². The zero-order valence-electron chi connectivity index (χ0n) is 14.3. The molecule has 1 heteroatoms. The van der Waals surface area contributed by atoms with Crippen LogP contribution in [0.3, 0.4) is 0 Å². The van der Waals surface area contributed by atoms with Gasteiger partial charge in [-0.05, 0) is 54.0 Å². The number of hydrogen-bond acceptors (Lipinski definition) is 1. The summed E-state index contributed by atoms with van der Waals surface area (Å²) in [7, 11) is 0. The Balaban J connectivity index is 1.79. The lowest BCUT2D eigenvalue weighted by atomic mass is 9.72. The summed E-state index contributed by atoms with van der Waals surface area (Å²) in [5.41, 5.74) is 6.34. The van der Waals surface area contributed by atoms with Gasteiger partial charge in [0.15, 0.2) is 0 Å². The van der Waals surface area contributed by atoms with Crippen molar-refractivity contribution in [3.8, 4) is 0 Å².